The van der Waals surface area contributed by atoms with Gasteiger partial charge in [-0.3, -0.25) is 4.99 Å². The number of nitrogens with zero attached hydrogens (tertiary/aromatic N) is 2. The van der Waals surface area contributed by atoms with Crippen LogP contribution in [0.15, 0.2) is 52.1 Å². The molecule has 6 heteroatoms. The average molecular weight is 441 g/mol. The van der Waals surface area contributed by atoms with Crippen LogP contribution in [0.25, 0.3) is 0 Å². The summed E-state index contributed by atoms with van der Waals surface area (Å²) in [4.78, 5) is 6.65. The molecule has 2 aromatic rings. The van der Waals surface area contributed by atoms with Crippen molar-refractivity contribution in [2.24, 2.45) is 4.99 Å². The molecule has 0 fully saturated rings. The van der Waals surface area contributed by atoms with Gasteiger partial charge in [-0.05, 0) is 36.6 Å². The first-order chi connectivity index (χ1) is 11.4. The van der Waals surface area contributed by atoms with Crippen molar-refractivity contribution in [1.82, 2.24) is 5.32 Å². The van der Waals surface area contributed by atoms with Crippen molar-refractivity contribution in [3.63, 3.8) is 0 Å². The van der Waals surface area contributed by atoms with Gasteiger partial charge in [0.1, 0.15) is 12.4 Å². The van der Waals surface area contributed by atoms with Gasteiger partial charge in [0, 0.05) is 32.4 Å². The van der Waals surface area contributed by atoms with Gasteiger partial charge in [0.05, 0.1) is 6.26 Å². The minimum absolute atomic E-state index is 0. The van der Waals surface area contributed by atoms with E-state index in [0.717, 1.165) is 37.7 Å². The first-order valence-corrected chi connectivity index (χ1v) is 8.04. The molecule has 1 aliphatic rings. The van der Waals surface area contributed by atoms with Crippen molar-refractivity contribution in [3.8, 4) is 0 Å². The Hall–Kier alpha value is -1.54. The molecule has 0 saturated heterocycles. The van der Waals surface area contributed by atoms with Gasteiger partial charge in [0.25, 0.3) is 0 Å². The number of nitrogens with one attached hydrogen (secondary N) is 1. The monoisotopic (exact) mass is 441 g/mol. The van der Waals surface area contributed by atoms with Crippen LogP contribution < -0.4 is 10.2 Å². The quantitative estimate of drug-likeness (QED) is 0.323. The summed E-state index contributed by atoms with van der Waals surface area (Å²) in [7, 11) is 1.83. The number of para-hydroxylation sites is 1. The molecule has 5 nitrogen and oxygen atoms in total. The maximum Gasteiger partial charge on any atom is 0.198 e. The summed E-state index contributed by atoms with van der Waals surface area (Å²) in [6.45, 7) is 3.04. The molecule has 1 aliphatic heterocycles. The molecule has 0 radical (unpaired) electrons. The lowest BCUT2D eigenvalue weighted by Gasteiger charge is -2.22. The maximum atomic E-state index is 5.59. The van der Waals surface area contributed by atoms with E-state index in [2.05, 4.69) is 39.5 Å². The number of fused-ring (bicyclic) bond motifs is 1. The molecule has 0 saturated carbocycles. The van der Waals surface area contributed by atoms with E-state index in [1.807, 2.05) is 19.2 Å². The number of benzene rings is 1. The minimum atomic E-state index is 0. The molecule has 0 amide bonds. The zero-order chi connectivity index (χ0) is 15.9. The molecule has 1 aromatic carbocycles. The number of hydrogen-bond acceptors (Lipinski definition) is 3. The second-order valence-corrected chi connectivity index (χ2v) is 5.49. The second kappa shape index (κ2) is 9.68. The number of halogens is 1. The third-order valence-electron chi connectivity index (χ3n) is 3.93. The number of anilines is 1. The number of ether oxygens (including phenoxy) is 1. The standard InChI is InChI=1S/C18H23N3O2.HI/c1-19-18(21-11-9-15-6-2-3-8-17(15)21)20-10-5-12-22-14-16-7-4-13-23-16;/h2-4,6-8,13H,5,9-12,14H2,1H3,(H,19,20);1H. The molecule has 130 valence electrons. The Morgan fingerprint density at radius 2 is 2.17 bits per heavy atom. The van der Waals surface area contributed by atoms with Crippen molar-refractivity contribution in [1.29, 1.82) is 0 Å². The van der Waals surface area contributed by atoms with Gasteiger partial charge >= 0.3 is 0 Å². The molecular weight excluding hydrogens is 417 g/mol. The van der Waals surface area contributed by atoms with Crippen molar-refractivity contribution < 1.29 is 9.15 Å². The van der Waals surface area contributed by atoms with Crippen molar-refractivity contribution >= 4 is 35.6 Å². The number of hydrogen-bond donors (Lipinski definition) is 1. The zero-order valence-corrected chi connectivity index (χ0v) is 16.2. The second-order valence-electron chi connectivity index (χ2n) is 5.49. The highest BCUT2D eigenvalue weighted by Crippen LogP contribution is 2.27. The third kappa shape index (κ3) is 4.73. The highest BCUT2D eigenvalue weighted by molar-refractivity contribution is 14.0. The van der Waals surface area contributed by atoms with Crippen LogP contribution in [0, 0.1) is 0 Å². The fourth-order valence-corrected chi connectivity index (χ4v) is 2.80. The molecule has 24 heavy (non-hydrogen) atoms. The fourth-order valence-electron chi connectivity index (χ4n) is 2.80. The fraction of sp³-hybridized carbons (Fsp3) is 0.389. The number of guanidine groups is 1. The lowest BCUT2D eigenvalue weighted by molar-refractivity contribution is 0.105. The Kier molecular flexibility index (Phi) is 7.58. The van der Waals surface area contributed by atoms with Crippen LogP contribution >= 0.6 is 24.0 Å². The third-order valence-corrected chi connectivity index (χ3v) is 3.93. The van der Waals surface area contributed by atoms with Crippen LogP contribution in [0.3, 0.4) is 0 Å². The van der Waals surface area contributed by atoms with Crippen LogP contribution in [-0.4, -0.2) is 32.7 Å². The van der Waals surface area contributed by atoms with E-state index in [-0.39, 0.29) is 24.0 Å². The topological polar surface area (TPSA) is 50.0 Å². The van der Waals surface area contributed by atoms with Gasteiger partial charge in [-0.2, -0.15) is 0 Å². The summed E-state index contributed by atoms with van der Waals surface area (Å²) in [6, 6.07) is 12.3. The van der Waals surface area contributed by atoms with Crippen molar-refractivity contribution in [2.45, 2.75) is 19.4 Å². The van der Waals surface area contributed by atoms with Gasteiger partial charge in [-0.1, -0.05) is 18.2 Å². The van der Waals surface area contributed by atoms with E-state index in [1.54, 1.807) is 6.26 Å². The first kappa shape index (κ1) is 18.8. The average Bonchev–Trinajstić information content (AvgIpc) is 3.24. The summed E-state index contributed by atoms with van der Waals surface area (Å²) < 4.78 is 10.8. The molecule has 0 unspecified atom stereocenters. The van der Waals surface area contributed by atoms with Gasteiger partial charge in [0.15, 0.2) is 5.96 Å². The number of aliphatic imine (C=N–C) groups is 1. The molecule has 2 heterocycles. The van der Waals surface area contributed by atoms with Crippen LogP contribution in [0.4, 0.5) is 5.69 Å². The predicted molar refractivity (Wildman–Crippen MR) is 107 cm³/mol. The summed E-state index contributed by atoms with van der Waals surface area (Å²) in [5, 5.41) is 3.42. The smallest absolute Gasteiger partial charge is 0.198 e. The van der Waals surface area contributed by atoms with Crippen LogP contribution in [0.1, 0.15) is 17.7 Å². The summed E-state index contributed by atoms with van der Waals surface area (Å²) >= 11 is 0. The normalized spacial score (nSPS) is 13.5. The summed E-state index contributed by atoms with van der Waals surface area (Å²) in [6.07, 6.45) is 3.66. The van der Waals surface area contributed by atoms with Crippen LogP contribution in [0.2, 0.25) is 0 Å². The van der Waals surface area contributed by atoms with E-state index < -0.39 is 0 Å². The molecule has 0 bridgehead atoms. The molecular formula is C18H24IN3O2. The molecule has 1 N–H and O–H groups in total. The summed E-state index contributed by atoms with van der Waals surface area (Å²) in [5.74, 6) is 1.79. The molecule has 1 aromatic heterocycles. The summed E-state index contributed by atoms with van der Waals surface area (Å²) in [5.41, 5.74) is 2.65. The predicted octanol–water partition coefficient (Wildman–Crippen LogP) is 3.44. The van der Waals surface area contributed by atoms with E-state index in [1.165, 1.54) is 11.3 Å². The lowest BCUT2D eigenvalue weighted by Crippen LogP contribution is -2.41. The van der Waals surface area contributed by atoms with E-state index in [0.29, 0.717) is 13.2 Å². The van der Waals surface area contributed by atoms with Gasteiger partial charge in [0.2, 0.25) is 0 Å². The highest BCUT2D eigenvalue weighted by Gasteiger charge is 2.21. The van der Waals surface area contributed by atoms with Gasteiger partial charge in [-0.25, -0.2) is 0 Å². The van der Waals surface area contributed by atoms with E-state index >= 15 is 0 Å². The Morgan fingerprint density at radius 3 is 2.96 bits per heavy atom. The Balaban J connectivity index is 0.00000208. The van der Waals surface area contributed by atoms with Gasteiger partial charge in [-0.15, -0.1) is 24.0 Å². The van der Waals surface area contributed by atoms with Crippen LogP contribution in [-0.2, 0) is 17.8 Å². The molecule has 3 rings (SSSR count). The maximum absolute atomic E-state index is 5.59. The number of furan rings is 1. The molecule has 0 atom stereocenters. The largest absolute Gasteiger partial charge is 0.467 e. The highest BCUT2D eigenvalue weighted by atomic mass is 127. The number of rotatable bonds is 6. The Bertz CT molecular complexity index is 643. The van der Waals surface area contributed by atoms with Crippen molar-refractivity contribution in [3.05, 3.63) is 54.0 Å². The molecule has 0 spiro atoms. The Morgan fingerprint density at radius 1 is 1.29 bits per heavy atom. The van der Waals surface area contributed by atoms with Crippen molar-refractivity contribution in [2.75, 3.05) is 31.6 Å². The first-order valence-electron chi connectivity index (χ1n) is 8.04. The van der Waals surface area contributed by atoms with E-state index in [4.69, 9.17) is 9.15 Å². The zero-order valence-electron chi connectivity index (χ0n) is 13.9. The SMILES string of the molecule is CN=C(NCCCOCc1ccco1)N1CCc2ccccc21.I. The lowest BCUT2D eigenvalue weighted by atomic mass is 10.2. The van der Waals surface area contributed by atoms with Gasteiger partial charge < -0.3 is 19.4 Å². The molecule has 0 aliphatic carbocycles. The van der Waals surface area contributed by atoms with Crippen LogP contribution in [0.5, 0.6) is 0 Å². The minimum Gasteiger partial charge on any atom is -0.467 e. The Labute approximate surface area is 160 Å². The van der Waals surface area contributed by atoms with E-state index in [9.17, 15) is 0 Å².